The van der Waals surface area contributed by atoms with Crippen LogP contribution in [0.5, 0.6) is 5.75 Å². The lowest BCUT2D eigenvalue weighted by molar-refractivity contribution is -0.145. The van der Waals surface area contributed by atoms with Crippen LogP contribution in [0.4, 0.5) is 8.78 Å². The Hall–Kier alpha value is -1.69. The van der Waals surface area contributed by atoms with Gasteiger partial charge in [0, 0.05) is 6.54 Å². The van der Waals surface area contributed by atoms with Gasteiger partial charge in [0.15, 0.2) is 24.0 Å². The summed E-state index contributed by atoms with van der Waals surface area (Å²) in [5.74, 6) is -2.44. The van der Waals surface area contributed by atoms with E-state index in [9.17, 15) is 13.6 Å². The Kier molecular flexibility index (Phi) is 7.08. The standard InChI is InChI=1S/C15H21F2NO3/c1-4-20-14(19)9-21-15-12(16)5-11(6-13(15)17)8-18-7-10(2)3/h5-6,10,18H,4,7-9H2,1-3H3. The van der Waals surface area contributed by atoms with E-state index in [0.717, 1.165) is 6.54 Å². The van der Waals surface area contributed by atoms with Crippen molar-refractivity contribution in [2.75, 3.05) is 19.8 Å². The first-order valence-corrected chi connectivity index (χ1v) is 6.91. The summed E-state index contributed by atoms with van der Waals surface area (Å²) in [7, 11) is 0. The zero-order valence-corrected chi connectivity index (χ0v) is 12.5. The fraction of sp³-hybridized carbons (Fsp3) is 0.533. The van der Waals surface area contributed by atoms with Crippen LogP contribution < -0.4 is 10.1 Å². The monoisotopic (exact) mass is 301 g/mol. The van der Waals surface area contributed by atoms with E-state index in [1.165, 1.54) is 12.1 Å². The summed E-state index contributed by atoms with van der Waals surface area (Å²) in [6, 6.07) is 2.38. The van der Waals surface area contributed by atoms with Gasteiger partial charge in [0.25, 0.3) is 0 Å². The summed E-state index contributed by atoms with van der Waals surface area (Å²) in [6.45, 7) is 6.51. The predicted octanol–water partition coefficient (Wildman–Crippen LogP) is 2.65. The molecule has 6 heteroatoms. The first-order chi connectivity index (χ1) is 9.93. The molecule has 0 aliphatic heterocycles. The predicted molar refractivity (Wildman–Crippen MR) is 75.0 cm³/mol. The molecule has 0 aliphatic rings. The molecule has 1 rings (SSSR count). The highest BCUT2D eigenvalue weighted by Gasteiger charge is 2.14. The van der Waals surface area contributed by atoms with Gasteiger partial charge in [-0.15, -0.1) is 0 Å². The van der Waals surface area contributed by atoms with Crippen molar-refractivity contribution in [3.8, 4) is 5.75 Å². The third-order valence-electron chi connectivity index (χ3n) is 2.58. The van der Waals surface area contributed by atoms with Crippen LogP contribution in [-0.2, 0) is 16.1 Å². The topological polar surface area (TPSA) is 47.6 Å². The number of carbonyl (C=O) groups is 1. The largest absolute Gasteiger partial charge is 0.476 e. The quantitative estimate of drug-likeness (QED) is 0.750. The van der Waals surface area contributed by atoms with Gasteiger partial charge in [0.2, 0.25) is 0 Å². The van der Waals surface area contributed by atoms with Crippen molar-refractivity contribution in [1.29, 1.82) is 0 Å². The molecule has 0 aliphatic carbocycles. The number of ether oxygens (including phenoxy) is 2. The van der Waals surface area contributed by atoms with Crippen molar-refractivity contribution in [2.45, 2.75) is 27.3 Å². The second-order valence-corrected chi connectivity index (χ2v) is 5.01. The van der Waals surface area contributed by atoms with Gasteiger partial charge in [-0.25, -0.2) is 13.6 Å². The highest BCUT2D eigenvalue weighted by atomic mass is 19.1. The molecule has 0 saturated heterocycles. The molecule has 118 valence electrons. The van der Waals surface area contributed by atoms with Crippen LogP contribution in [0.2, 0.25) is 0 Å². The molecule has 0 bridgehead atoms. The average Bonchev–Trinajstić information content (AvgIpc) is 2.37. The molecule has 0 atom stereocenters. The van der Waals surface area contributed by atoms with E-state index < -0.39 is 30.0 Å². The van der Waals surface area contributed by atoms with Crippen molar-refractivity contribution < 1.29 is 23.0 Å². The minimum Gasteiger partial charge on any atom is -0.476 e. The minimum absolute atomic E-state index is 0.188. The molecule has 0 radical (unpaired) electrons. The van der Waals surface area contributed by atoms with Gasteiger partial charge in [-0.1, -0.05) is 13.8 Å². The molecular formula is C15H21F2NO3. The lowest BCUT2D eigenvalue weighted by Gasteiger charge is -2.11. The van der Waals surface area contributed by atoms with E-state index in [1.54, 1.807) is 6.92 Å². The summed E-state index contributed by atoms with van der Waals surface area (Å²) < 4.78 is 37.0. The molecule has 1 N–H and O–H groups in total. The molecule has 0 heterocycles. The van der Waals surface area contributed by atoms with Crippen molar-refractivity contribution in [2.24, 2.45) is 5.92 Å². The summed E-state index contributed by atoms with van der Waals surface area (Å²) in [5.41, 5.74) is 0.481. The zero-order chi connectivity index (χ0) is 15.8. The Balaban J connectivity index is 2.64. The summed E-state index contributed by atoms with van der Waals surface area (Å²) in [5, 5.41) is 3.09. The molecule has 0 spiro atoms. The van der Waals surface area contributed by atoms with Crippen LogP contribution in [0.3, 0.4) is 0 Å². The van der Waals surface area contributed by atoms with Crippen molar-refractivity contribution in [3.05, 3.63) is 29.3 Å². The van der Waals surface area contributed by atoms with Gasteiger partial charge < -0.3 is 14.8 Å². The van der Waals surface area contributed by atoms with Crippen LogP contribution >= 0.6 is 0 Å². The van der Waals surface area contributed by atoms with Gasteiger partial charge in [-0.2, -0.15) is 0 Å². The molecule has 1 aromatic carbocycles. The molecule has 21 heavy (non-hydrogen) atoms. The summed E-state index contributed by atoms with van der Waals surface area (Å²) in [4.78, 5) is 11.1. The van der Waals surface area contributed by atoms with Crippen LogP contribution in [0, 0.1) is 17.6 Å². The Bertz CT molecular complexity index is 455. The number of nitrogens with one attached hydrogen (secondary N) is 1. The Morgan fingerprint density at radius 3 is 2.43 bits per heavy atom. The number of halogens is 2. The lowest BCUT2D eigenvalue weighted by Crippen LogP contribution is -2.19. The molecule has 0 amide bonds. The van der Waals surface area contributed by atoms with Crippen LogP contribution in [0.1, 0.15) is 26.3 Å². The highest BCUT2D eigenvalue weighted by Crippen LogP contribution is 2.23. The molecule has 0 unspecified atom stereocenters. The smallest absolute Gasteiger partial charge is 0.344 e. The highest BCUT2D eigenvalue weighted by molar-refractivity contribution is 5.71. The average molecular weight is 301 g/mol. The molecule has 1 aromatic rings. The molecule has 0 saturated carbocycles. The first-order valence-electron chi connectivity index (χ1n) is 6.91. The maximum absolute atomic E-state index is 13.8. The Morgan fingerprint density at radius 1 is 1.29 bits per heavy atom. The van der Waals surface area contributed by atoms with Gasteiger partial charge in [-0.3, -0.25) is 0 Å². The SMILES string of the molecule is CCOC(=O)COc1c(F)cc(CNCC(C)C)cc1F. The number of esters is 1. The van der Waals surface area contributed by atoms with Crippen molar-refractivity contribution in [3.63, 3.8) is 0 Å². The summed E-state index contributed by atoms with van der Waals surface area (Å²) >= 11 is 0. The second kappa shape index (κ2) is 8.56. The molecule has 4 nitrogen and oxygen atoms in total. The molecule has 0 fully saturated rings. The van der Waals surface area contributed by atoms with E-state index in [4.69, 9.17) is 4.74 Å². The van der Waals surface area contributed by atoms with Crippen molar-refractivity contribution >= 4 is 5.97 Å². The number of hydrogen-bond donors (Lipinski definition) is 1. The van der Waals surface area contributed by atoms with Crippen LogP contribution in [0.25, 0.3) is 0 Å². The minimum atomic E-state index is -0.833. The molecular weight excluding hydrogens is 280 g/mol. The molecule has 0 aromatic heterocycles. The van der Waals surface area contributed by atoms with Crippen LogP contribution in [-0.4, -0.2) is 25.7 Å². The number of hydrogen-bond acceptors (Lipinski definition) is 4. The van der Waals surface area contributed by atoms with E-state index in [2.05, 4.69) is 10.1 Å². The van der Waals surface area contributed by atoms with E-state index in [0.29, 0.717) is 18.0 Å². The maximum atomic E-state index is 13.8. The Labute approximate surface area is 123 Å². The van der Waals surface area contributed by atoms with E-state index >= 15 is 0 Å². The van der Waals surface area contributed by atoms with Crippen LogP contribution in [0.15, 0.2) is 12.1 Å². The van der Waals surface area contributed by atoms with Gasteiger partial charge >= 0.3 is 5.97 Å². The fourth-order valence-electron chi connectivity index (χ4n) is 1.69. The summed E-state index contributed by atoms with van der Waals surface area (Å²) in [6.07, 6.45) is 0. The van der Waals surface area contributed by atoms with Gasteiger partial charge in [-0.05, 0) is 37.1 Å². The van der Waals surface area contributed by atoms with E-state index in [1.807, 2.05) is 13.8 Å². The van der Waals surface area contributed by atoms with Crippen molar-refractivity contribution in [1.82, 2.24) is 5.32 Å². The normalized spacial score (nSPS) is 10.8. The lowest BCUT2D eigenvalue weighted by atomic mass is 10.1. The van der Waals surface area contributed by atoms with Gasteiger partial charge in [0.05, 0.1) is 6.61 Å². The number of rotatable bonds is 8. The third kappa shape index (κ3) is 6.08. The fourth-order valence-corrected chi connectivity index (χ4v) is 1.69. The first kappa shape index (κ1) is 17.4. The number of carbonyl (C=O) groups excluding carboxylic acids is 1. The maximum Gasteiger partial charge on any atom is 0.344 e. The Morgan fingerprint density at radius 2 is 1.90 bits per heavy atom. The second-order valence-electron chi connectivity index (χ2n) is 5.01. The third-order valence-corrected chi connectivity index (χ3v) is 2.58. The van der Waals surface area contributed by atoms with E-state index in [-0.39, 0.29) is 6.61 Å². The zero-order valence-electron chi connectivity index (χ0n) is 12.5. The number of benzene rings is 1. The van der Waals surface area contributed by atoms with Gasteiger partial charge in [0.1, 0.15) is 0 Å².